The summed E-state index contributed by atoms with van der Waals surface area (Å²) >= 11 is 0. The Bertz CT molecular complexity index is 2560. The van der Waals surface area contributed by atoms with Crippen LogP contribution in [0.2, 0.25) is 0 Å². The molecule has 0 N–H and O–H groups in total. The fraction of sp³-hybridized carbons (Fsp3) is 0.0417. The summed E-state index contributed by atoms with van der Waals surface area (Å²) in [6, 6.07) is 60.0. The smallest absolute Gasteiger partial charge is 0.160 e. The van der Waals surface area contributed by atoms with Gasteiger partial charge in [-0.2, -0.15) is 0 Å². The molecule has 1 aliphatic carbocycles. The second kappa shape index (κ2) is 12.8. The lowest BCUT2D eigenvalue weighted by atomic mass is 9.97. The molecule has 0 amide bonds. The van der Waals surface area contributed by atoms with Crippen LogP contribution in [-0.4, -0.2) is 9.97 Å². The van der Waals surface area contributed by atoms with E-state index in [1.54, 1.807) is 0 Å². The number of hydrogen-bond donors (Lipinski definition) is 0. The van der Waals surface area contributed by atoms with Gasteiger partial charge in [0.1, 0.15) is 0 Å². The Kier molecular flexibility index (Phi) is 7.57. The Morgan fingerprint density at radius 1 is 0.460 bits per heavy atom. The summed E-state index contributed by atoms with van der Waals surface area (Å²) in [4.78, 5) is 10.4. The van der Waals surface area contributed by atoms with Crippen LogP contribution in [0.25, 0.3) is 83.3 Å². The Morgan fingerprint density at radius 2 is 1.10 bits per heavy atom. The third-order valence-electron chi connectivity index (χ3n) is 9.57. The van der Waals surface area contributed by atoms with Crippen LogP contribution >= 0.6 is 0 Å². The molecule has 0 atom stereocenters. The maximum atomic E-state index is 5.19. The molecule has 0 fully saturated rings. The third kappa shape index (κ3) is 5.76. The van der Waals surface area contributed by atoms with Gasteiger partial charge in [-0.05, 0) is 92.7 Å². The van der Waals surface area contributed by atoms with Crippen LogP contribution < -0.4 is 0 Å². The lowest BCUT2D eigenvalue weighted by Gasteiger charge is -2.12. The van der Waals surface area contributed by atoms with Crippen molar-refractivity contribution in [2.24, 2.45) is 0 Å². The van der Waals surface area contributed by atoms with Gasteiger partial charge in [0.15, 0.2) is 5.82 Å². The maximum absolute atomic E-state index is 5.19. The molecule has 8 aromatic rings. The summed E-state index contributed by atoms with van der Waals surface area (Å²) in [6.07, 6.45) is 8.93. The van der Waals surface area contributed by atoms with Crippen LogP contribution in [-0.2, 0) is 0 Å². The first-order chi connectivity index (χ1) is 24.7. The highest BCUT2D eigenvalue weighted by Crippen LogP contribution is 2.34. The van der Waals surface area contributed by atoms with E-state index in [4.69, 9.17) is 9.97 Å². The number of aromatic nitrogens is 2. The first kappa shape index (κ1) is 29.6. The highest BCUT2D eigenvalue weighted by atomic mass is 14.9. The zero-order chi connectivity index (χ0) is 33.3. The highest BCUT2D eigenvalue weighted by molar-refractivity contribution is 6.07. The molecule has 50 heavy (non-hydrogen) atoms. The molecule has 234 valence electrons. The molecule has 9 rings (SSSR count). The van der Waals surface area contributed by atoms with Crippen molar-refractivity contribution in [3.05, 3.63) is 188 Å². The minimum Gasteiger partial charge on any atom is -0.228 e. The van der Waals surface area contributed by atoms with Crippen molar-refractivity contribution in [1.29, 1.82) is 0 Å². The molecule has 0 spiro atoms. The van der Waals surface area contributed by atoms with Gasteiger partial charge in [0.25, 0.3) is 0 Å². The number of rotatable bonds is 6. The molecule has 2 heteroatoms. The monoisotopic (exact) mass is 636 g/mol. The SMILES string of the molecule is c1ccc2ccc3cc(-c4cc(-c5ccc(-c6ccc(-c7ccccc7)cc6)cc5)nc(-c5cccc(C6=CCCC=C6)c5)n4)ccc3c2c#1. The Morgan fingerprint density at radius 3 is 1.84 bits per heavy atom. The van der Waals surface area contributed by atoms with Gasteiger partial charge in [0.05, 0.1) is 11.4 Å². The topological polar surface area (TPSA) is 25.8 Å². The summed E-state index contributed by atoms with van der Waals surface area (Å²) in [6.45, 7) is 0. The highest BCUT2D eigenvalue weighted by Gasteiger charge is 2.14. The summed E-state index contributed by atoms with van der Waals surface area (Å²) in [7, 11) is 0. The van der Waals surface area contributed by atoms with Crippen molar-refractivity contribution in [3.8, 4) is 56.2 Å². The lowest BCUT2D eigenvalue weighted by Crippen LogP contribution is -1.97. The summed E-state index contributed by atoms with van der Waals surface area (Å²) in [5, 5.41) is 4.55. The van der Waals surface area contributed by atoms with Crippen LogP contribution in [0.3, 0.4) is 0 Å². The number of nitrogens with zero attached hydrogens (tertiary/aromatic N) is 2. The van der Waals surface area contributed by atoms with Crippen LogP contribution in [0.1, 0.15) is 18.4 Å². The number of benzene rings is 6. The van der Waals surface area contributed by atoms with Crippen LogP contribution in [0.5, 0.6) is 0 Å². The third-order valence-corrected chi connectivity index (χ3v) is 9.57. The van der Waals surface area contributed by atoms with Crippen molar-refractivity contribution in [3.63, 3.8) is 0 Å². The van der Waals surface area contributed by atoms with Crippen molar-refractivity contribution in [2.75, 3.05) is 0 Å². The average Bonchev–Trinajstić information content (AvgIpc) is 3.21. The van der Waals surface area contributed by atoms with Gasteiger partial charge in [-0.3, -0.25) is 0 Å². The Labute approximate surface area is 292 Å². The summed E-state index contributed by atoms with van der Waals surface area (Å²) in [5.74, 6) is 0.710. The molecule has 1 aliphatic rings. The minimum absolute atomic E-state index is 0.710. The van der Waals surface area contributed by atoms with Gasteiger partial charge in [-0.25, -0.2) is 9.97 Å². The fourth-order valence-electron chi connectivity index (χ4n) is 6.89. The Hall–Kier alpha value is -6.56. The van der Waals surface area contributed by atoms with E-state index in [0.717, 1.165) is 62.5 Å². The van der Waals surface area contributed by atoms with E-state index in [9.17, 15) is 0 Å². The Balaban J connectivity index is 1.12. The molecule has 1 aromatic heterocycles. The number of allylic oxidation sites excluding steroid dienone is 4. The van der Waals surface area contributed by atoms with Crippen LogP contribution in [0.4, 0.5) is 0 Å². The second-order valence-corrected chi connectivity index (χ2v) is 12.8. The largest absolute Gasteiger partial charge is 0.228 e. The van der Waals surface area contributed by atoms with E-state index in [-0.39, 0.29) is 0 Å². The van der Waals surface area contributed by atoms with E-state index in [2.05, 4.69) is 170 Å². The second-order valence-electron chi connectivity index (χ2n) is 12.8. The van der Waals surface area contributed by atoms with E-state index in [1.807, 2.05) is 12.1 Å². The van der Waals surface area contributed by atoms with Crippen molar-refractivity contribution in [2.45, 2.75) is 12.8 Å². The minimum atomic E-state index is 0.710. The quantitative estimate of drug-likeness (QED) is 0.181. The first-order valence-electron chi connectivity index (χ1n) is 17.1. The predicted molar refractivity (Wildman–Crippen MR) is 208 cm³/mol. The van der Waals surface area contributed by atoms with Crippen molar-refractivity contribution in [1.82, 2.24) is 9.97 Å². The number of hydrogen-bond acceptors (Lipinski definition) is 2. The van der Waals surface area contributed by atoms with Gasteiger partial charge in [-0.15, -0.1) is 0 Å². The summed E-state index contributed by atoms with van der Waals surface area (Å²) in [5.41, 5.74) is 12.1. The van der Waals surface area contributed by atoms with Crippen LogP contribution in [0.15, 0.2) is 170 Å². The molecule has 0 saturated carbocycles. The van der Waals surface area contributed by atoms with E-state index in [1.165, 1.54) is 33.4 Å². The summed E-state index contributed by atoms with van der Waals surface area (Å²) < 4.78 is 0. The lowest BCUT2D eigenvalue weighted by molar-refractivity contribution is 1.04. The molecule has 0 unspecified atom stereocenters. The van der Waals surface area contributed by atoms with Gasteiger partial charge in [0.2, 0.25) is 0 Å². The molecule has 0 radical (unpaired) electrons. The number of fused-ring (bicyclic) bond motifs is 3. The predicted octanol–water partition coefficient (Wildman–Crippen LogP) is 12.5. The molecule has 0 saturated heterocycles. The average molecular weight is 637 g/mol. The van der Waals surface area contributed by atoms with Gasteiger partial charge >= 0.3 is 0 Å². The molecular formula is C48H32N2. The van der Waals surface area contributed by atoms with Gasteiger partial charge in [-0.1, -0.05) is 152 Å². The fourth-order valence-corrected chi connectivity index (χ4v) is 6.89. The van der Waals surface area contributed by atoms with Crippen LogP contribution in [0, 0.1) is 12.1 Å². The molecule has 1 heterocycles. The van der Waals surface area contributed by atoms with Gasteiger partial charge < -0.3 is 0 Å². The molecule has 7 aromatic carbocycles. The molecular weight excluding hydrogens is 605 g/mol. The first-order valence-corrected chi connectivity index (χ1v) is 17.1. The molecule has 0 aliphatic heterocycles. The zero-order valence-electron chi connectivity index (χ0n) is 27.5. The molecule has 0 bridgehead atoms. The van der Waals surface area contributed by atoms with Gasteiger partial charge in [0, 0.05) is 22.1 Å². The normalized spacial score (nSPS) is 12.5. The van der Waals surface area contributed by atoms with Crippen molar-refractivity contribution >= 4 is 27.1 Å². The maximum Gasteiger partial charge on any atom is 0.160 e. The zero-order valence-corrected chi connectivity index (χ0v) is 27.5. The van der Waals surface area contributed by atoms with E-state index >= 15 is 0 Å². The standard InChI is InChI=1S/C48H32N2/c1-3-10-33(11-4-1)35-18-20-36(21-19-35)37-22-25-39(26-23-37)46-32-47(42-28-29-45-41(31-42)27-24-38-14-7-8-17-44(38)45)50-48(49-46)43-16-9-15-40(30-43)34-12-5-2-6-13-34/h1,3-5,7,9-16,18-32H,2,6H2. The van der Waals surface area contributed by atoms with E-state index < -0.39 is 0 Å². The molecule has 2 nitrogen and oxygen atoms in total. The van der Waals surface area contributed by atoms with Crippen molar-refractivity contribution < 1.29 is 0 Å². The van der Waals surface area contributed by atoms with E-state index in [0.29, 0.717) is 5.82 Å².